The molecule has 0 bridgehead atoms. The van der Waals surface area contributed by atoms with Crippen LogP contribution in [0.4, 0.5) is 23.7 Å². The number of anilines is 1. The lowest BCUT2D eigenvalue weighted by Crippen LogP contribution is -2.51. The third-order valence-electron chi connectivity index (χ3n) is 6.74. The molecular weight excluding hydrogens is 585 g/mol. The van der Waals surface area contributed by atoms with Crippen LogP contribution in [0.2, 0.25) is 0 Å². The third kappa shape index (κ3) is 7.67. The number of alkyl halides is 3. The van der Waals surface area contributed by atoms with Crippen molar-refractivity contribution >= 4 is 35.0 Å². The molecule has 12 heteroatoms. The van der Waals surface area contributed by atoms with Gasteiger partial charge in [0.05, 0.1) is 13.5 Å². The van der Waals surface area contributed by atoms with Gasteiger partial charge in [0.1, 0.15) is 28.9 Å². The monoisotopic (exact) mass is 618 g/mol. The van der Waals surface area contributed by atoms with E-state index in [-0.39, 0.29) is 18.6 Å². The molecule has 1 aliphatic rings. The number of carbonyl (C=O) groups is 3. The van der Waals surface area contributed by atoms with E-state index in [1.807, 2.05) is 0 Å². The number of benzene rings is 2. The molecule has 8 nitrogen and oxygen atoms in total. The highest BCUT2D eigenvalue weighted by atomic mass is 32.1. The molecule has 0 aliphatic carbocycles. The fraction of sp³-hybridized carbons (Fsp3) is 0.387. The first kappa shape index (κ1) is 31.9. The summed E-state index contributed by atoms with van der Waals surface area (Å²) in [6, 6.07) is 13.8. The van der Waals surface area contributed by atoms with Crippen molar-refractivity contribution in [3.8, 4) is 16.9 Å². The first-order chi connectivity index (χ1) is 20.2. The Balaban J connectivity index is 1.50. The zero-order valence-corrected chi connectivity index (χ0v) is 25.3. The predicted molar refractivity (Wildman–Crippen MR) is 156 cm³/mol. The van der Waals surface area contributed by atoms with Gasteiger partial charge in [0.15, 0.2) is 0 Å². The van der Waals surface area contributed by atoms with Gasteiger partial charge in [-0.1, -0.05) is 30.3 Å². The van der Waals surface area contributed by atoms with Crippen LogP contribution in [0.5, 0.6) is 5.75 Å². The van der Waals surface area contributed by atoms with E-state index < -0.39 is 40.7 Å². The Kier molecular flexibility index (Phi) is 9.38. The number of carbonyl (C=O) groups excluding carboxylic acids is 3. The Morgan fingerprint density at radius 3 is 2.37 bits per heavy atom. The van der Waals surface area contributed by atoms with Crippen LogP contribution in [0.15, 0.2) is 54.6 Å². The summed E-state index contributed by atoms with van der Waals surface area (Å²) in [7, 11) is 2.60. The number of fused-ring (bicyclic) bond motifs is 1. The normalized spacial score (nSPS) is 13.7. The molecule has 0 spiro atoms. The van der Waals surface area contributed by atoms with E-state index in [0.717, 1.165) is 10.5 Å². The first-order valence-corrected chi connectivity index (χ1v) is 14.3. The van der Waals surface area contributed by atoms with Crippen molar-refractivity contribution in [2.45, 2.75) is 58.0 Å². The second kappa shape index (κ2) is 12.7. The van der Waals surface area contributed by atoms with Gasteiger partial charge in [-0.3, -0.25) is 14.5 Å². The number of likely N-dealkylation sites (N-methyl/N-ethyl adjacent to an activating group) is 1. The molecule has 0 unspecified atom stereocenters. The van der Waals surface area contributed by atoms with Gasteiger partial charge >= 0.3 is 18.2 Å². The molecule has 4 rings (SSSR count). The molecule has 43 heavy (non-hydrogen) atoms. The van der Waals surface area contributed by atoms with E-state index in [1.54, 1.807) is 69.3 Å². The lowest BCUT2D eigenvalue weighted by Gasteiger charge is -2.32. The Hall–Kier alpha value is -4.06. The standard InChI is InChI=1S/C31H33F3N2O6S/c1-30(2,3)42-29(39)35(4)25(17-26(37)40-5)28(38)36-14-13-20-15-21(11-12-24(20)36)41-18-22-16-23(19-9-7-6-8-10-19)27(43-22)31(32,33)34/h6-12,15-16,25H,13-14,17-18H2,1-5H3/t25-/m1/s1. The second-order valence-corrected chi connectivity index (χ2v) is 12.2. The first-order valence-electron chi connectivity index (χ1n) is 13.5. The maximum absolute atomic E-state index is 13.8. The van der Waals surface area contributed by atoms with Crippen molar-refractivity contribution in [3.63, 3.8) is 0 Å². The van der Waals surface area contributed by atoms with Crippen LogP contribution in [-0.4, -0.2) is 55.2 Å². The zero-order valence-electron chi connectivity index (χ0n) is 24.5. The summed E-state index contributed by atoms with van der Waals surface area (Å²) in [4.78, 5) is 40.8. The Bertz CT molecular complexity index is 1480. The van der Waals surface area contributed by atoms with Gasteiger partial charge in [-0.15, -0.1) is 11.3 Å². The van der Waals surface area contributed by atoms with Crippen LogP contribution in [0, 0.1) is 0 Å². The van der Waals surface area contributed by atoms with Crippen molar-refractivity contribution in [3.05, 3.63) is 69.9 Å². The van der Waals surface area contributed by atoms with Crippen molar-refractivity contribution in [1.29, 1.82) is 0 Å². The van der Waals surface area contributed by atoms with Crippen molar-refractivity contribution in [2.75, 3.05) is 25.6 Å². The molecule has 2 heterocycles. The van der Waals surface area contributed by atoms with Crippen LogP contribution in [0.25, 0.3) is 11.1 Å². The molecule has 1 aromatic heterocycles. The van der Waals surface area contributed by atoms with Gasteiger partial charge in [-0.05, 0) is 62.6 Å². The summed E-state index contributed by atoms with van der Waals surface area (Å²) in [5.74, 6) is -0.694. The van der Waals surface area contributed by atoms with Crippen molar-refractivity contribution in [2.24, 2.45) is 0 Å². The number of thiophene rings is 1. The summed E-state index contributed by atoms with van der Waals surface area (Å²) < 4.78 is 57.3. The number of hydrogen-bond acceptors (Lipinski definition) is 7. The van der Waals surface area contributed by atoms with Crippen LogP contribution < -0.4 is 9.64 Å². The Labute approximate surface area is 251 Å². The topological polar surface area (TPSA) is 85.4 Å². The van der Waals surface area contributed by atoms with E-state index in [0.29, 0.717) is 46.2 Å². The highest BCUT2D eigenvalue weighted by Crippen LogP contribution is 2.43. The molecule has 230 valence electrons. The van der Waals surface area contributed by atoms with Crippen LogP contribution in [0.3, 0.4) is 0 Å². The van der Waals surface area contributed by atoms with Gasteiger partial charge < -0.3 is 19.1 Å². The van der Waals surface area contributed by atoms with E-state index in [1.165, 1.54) is 25.1 Å². The summed E-state index contributed by atoms with van der Waals surface area (Å²) in [5.41, 5.74) is 1.16. The SMILES string of the molecule is COC(=O)C[C@H](C(=O)N1CCc2cc(OCc3cc(-c4ccccc4)c(C(F)(F)F)s3)ccc21)N(C)C(=O)OC(C)(C)C. The molecule has 1 atom stereocenters. The van der Waals surface area contributed by atoms with E-state index in [9.17, 15) is 27.6 Å². The number of methoxy groups -OCH3 is 1. The van der Waals surface area contributed by atoms with E-state index in [4.69, 9.17) is 14.2 Å². The average molecular weight is 619 g/mol. The van der Waals surface area contributed by atoms with E-state index >= 15 is 0 Å². The largest absolute Gasteiger partial charge is 0.488 e. The number of ether oxygens (including phenoxy) is 3. The van der Waals surface area contributed by atoms with Gasteiger partial charge in [-0.25, -0.2) is 4.79 Å². The molecule has 2 aromatic carbocycles. The van der Waals surface area contributed by atoms with Gasteiger partial charge in [0.2, 0.25) is 0 Å². The number of amides is 2. The lowest BCUT2D eigenvalue weighted by molar-refractivity contribution is -0.144. The highest BCUT2D eigenvalue weighted by molar-refractivity contribution is 7.12. The van der Waals surface area contributed by atoms with Gasteiger partial charge in [0.25, 0.3) is 5.91 Å². The van der Waals surface area contributed by atoms with Crippen LogP contribution in [0.1, 0.15) is 42.5 Å². The quantitative estimate of drug-likeness (QED) is 0.261. The predicted octanol–water partition coefficient (Wildman–Crippen LogP) is 6.70. The summed E-state index contributed by atoms with van der Waals surface area (Å²) >= 11 is 0.645. The fourth-order valence-electron chi connectivity index (χ4n) is 4.68. The van der Waals surface area contributed by atoms with Crippen molar-refractivity contribution < 1.29 is 41.8 Å². The minimum absolute atomic E-state index is 0.0656. The molecular formula is C31H33F3N2O6S. The number of esters is 1. The summed E-state index contributed by atoms with van der Waals surface area (Å²) in [6.45, 7) is 5.33. The molecule has 0 saturated carbocycles. The summed E-state index contributed by atoms with van der Waals surface area (Å²) in [6.07, 6.45) is -5.13. The minimum Gasteiger partial charge on any atom is -0.488 e. The molecule has 0 radical (unpaired) electrons. The molecule has 2 amide bonds. The number of hydrogen-bond donors (Lipinski definition) is 0. The Morgan fingerprint density at radius 1 is 1.05 bits per heavy atom. The third-order valence-corrected chi connectivity index (χ3v) is 7.89. The van der Waals surface area contributed by atoms with E-state index in [2.05, 4.69) is 0 Å². The number of nitrogens with zero attached hydrogens (tertiary/aromatic N) is 2. The maximum atomic E-state index is 13.8. The molecule has 1 aliphatic heterocycles. The summed E-state index contributed by atoms with van der Waals surface area (Å²) in [5, 5.41) is 0. The molecule has 3 aromatic rings. The average Bonchev–Trinajstić information content (AvgIpc) is 3.58. The molecule has 0 fully saturated rings. The lowest BCUT2D eigenvalue weighted by atomic mass is 10.1. The van der Waals surface area contributed by atoms with Crippen LogP contribution >= 0.6 is 11.3 Å². The van der Waals surface area contributed by atoms with Gasteiger partial charge in [0, 0.05) is 29.7 Å². The van der Waals surface area contributed by atoms with Gasteiger partial charge in [-0.2, -0.15) is 13.2 Å². The number of rotatable bonds is 8. The number of halogens is 3. The maximum Gasteiger partial charge on any atom is 0.426 e. The smallest absolute Gasteiger partial charge is 0.426 e. The van der Waals surface area contributed by atoms with Crippen LogP contribution in [-0.2, 0) is 38.3 Å². The van der Waals surface area contributed by atoms with Crippen molar-refractivity contribution in [1.82, 2.24) is 4.90 Å². The fourth-order valence-corrected chi connectivity index (χ4v) is 5.64. The Morgan fingerprint density at radius 2 is 1.74 bits per heavy atom. The minimum atomic E-state index is -4.50. The zero-order chi connectivity index (χ0) is 31.5. The second-order valence-electron chi connectivity index (χ2n) is 11.0. The highest BCUT2D eigenvalue weighted by Gasteiger charge is 2.38. The molecule has 0 saturated heterocycles. The molecule has 0 N–H and O–H groups in total.